The van der Waals surface area contributed by atoms with E-state index in [1.54, 1.807) is 0 Å². The van der Waals surface area contributed by atoms with Gasteiger partial charge in [-0.1, -0.05) is 53.1 Å². The Morgan fingerprint density at radius 2 is 0.727 bits per heavy atom. The van der Waals surface area contributed by atoms with Crippen LogP contribution in [0.25, 0.3) is 0 Å². The Morgan fingerprint density at radius 1 is 0.455 bits per heavy atom. The third-order valence-corrected chi connectivity index (χ3v) is 10.6. The van der Waals surface area contributed by atoms with Crippen LogP contribution in [-0.4, -0.2) is 0 Å². The number of hydrogen-bond acceptors (Lipinski definition) is 6. The predicted octanol–water partition coefficient (Wildman–Crippen LogP) is 7.54. The molecule has 0 atom stereocenters. The van der Waals surface area contributed by atoms with Gasteiger partial charge in [-0.15, -0.1) is 0 Å². The van der Waals surface area contributed by atoms with Crippen molar-refractivity contribution < 1.29 is 13.6 Å². The first kappa shape index (κ1) is 24.4. The average Bonchev–Trinajstić information content (AvgIpc) is 2.74. The predicted molar refractivity (Wildman–Crippen MR) is 140 cm³/mol. The smallest absolute Gasteiger partial charge is 0.257 e. The molecule has 0 bridgehead atoms. The maximum Gasteiger partial charge on any atom is 0.257 e. The standard InChI is InChI=1S/C24H30N3O3P3/c1-16-7-10-22(19(4)13-16)28-31-25-32(29-23-11-8-17(2)14-20(23)5)27-33(26-31)30-24-12-9-18(3)15-21(24)6/h7-15,25-27H,1-6H3. The fourth-order valence-electron chi connectivity index (χ4n) is 3.44. The number of nitrogens with one attached hydrogen (secondary N) is 3. The summed E-state index contributed by atoms with van der Waals surface area (Å²) in [6, 6.07) is 18.6. The van der Waals surface area contributed by atoms with Crippen LogP contribution >= 0.6 is 25.3 Å². The molecule has 0 aliphatic carbocycles. The largest absolute Gasteiger partial charge is 0.444 e. The number of rotatable bonds is 6. The average molecular weight is 501 g/mol. The Labute approximate surface area is 200 Å². The minimum absolute atomic E-state index is 0.844. The van der Waals surface area contributed by atoms with Crippen LogP contribution < -0.4 is 28.1 Å². The van der Waals surface area contributed by atoms with Crippen molar-refractivity contribution in [3.05, 3.63) is 88.0 Å². The summed E-state index contributed by atoms with van der Waals surface area (Å²) in [5.41, 5.74) is 6.91. The fraction of sp³-hybridized carbons (Fsp3) is 0.250. The zero-order valence-corrected chi connectivity index (χ0v) is 22.4. The summed E-state index contributed by atoms with van der Waals surface area (Å²) >= 11 is 0. The van der Waals surface area contributed by atoms with E-state index in [2.05, 4.69) is 92.5 Å². The summed E-state index contributed by atoms with van der Waals surface area (Å²) in [6.45, 7) is 12.4. The van der Waals surface area contributed by atoms with Gasteiger partial charge in [0.15, 0.2) is 0 Å². The second-order valence-corrected chi connectivity index (χ2v) is 13.0. The molecule has 1 saturated heterocycles. The lowest BCUT2D eigenvalue weighted by atomic mass is 10.1. The van der Waals surface area contributed by atoms with Gasteiger partial charge in [0, 0.05) is 0 Å². The quantitative estimate of drug-likeness (QED) is 0.304. The lowest BCUT2D eigenvalue weighted by molar-refractivity contribution is 0.558. The van der Waals surface area contributed by atoms with E-state index in [0.717, 1.165) is 33.9 Å². The van der Waals surface area contributed by atoms with Gasteiger partial charge >= 0.3 is 0 Å². The van der Waals surface area contributed by atoms with Crippen LogP contribution in [0, 0.1) is 41.5 Å². The highest BCUT2D eigenvalue weighted by Gasteiger charge is 2.34. The third-order valence-electron chi connectivity index (χ3n) is 5.11. The van der Waals surface area contributed by atoms with Crippen LogP contribution in [0.4, 0.5) is 0 Å². The molecule has 33 heavy (non-hydrogen) atoms. The van der Waals surface area contributed by atoms with Crippen molar-refractivity contribution >= 4 is 25.3 Å². The first-order valence-electron chi connectivity index (χ1n) is 10.7. The van der Waals surface area contributed by atoms with E-state index in [4.69, 9.17) is 13.6 Å². The maximum atomic E-state index is 6.35. The Kier molecular flexibility index (Phi) is 7.87. The van der Waals surface area contributed by atoms with E-state index in [1.165, 1.54) is 16.7 Å². The minimum atomic E-state index is -1.23. The van der Waals surface area contributed by atoms with Gasteiger partial charge in [-0.3, -0.25) is 0 Å². The Balaban J connectivity index is 1.55. The molecule has 3 aromatic carbocycles. The highest BCUT2D eigenvalue weighted by molar-refractivity contribution is 7.79. The summed E-state index contributed by atoms with van der Waals surface area (Å²) < 4.78 is 19.1. The Hall–Kier alpha value is -1.77. The van der Waals surface area contributed by atoms with Gasteiger partial charge < -0.3 is 13.6 Å². The van der Waals surface area contributed by atoms with Crippen LogP contribution in [0.5, 0.6) is 17.2 Å². The molecule has 0 amide bonds. The second kappa shape index (κ2) is 10.7. The van der Waals surface area contributed by atoms with Crippen LogP contribution in [0.1, 0.15) is 33.4 Å². The third kappa shape index (κ3) is 6.43. The molecule has 1 aliphatic heterocycles. The number of hydrogen-bond donors (Lipinski definition) is 3. The normalized spacial score (nSPS) is 20.4. The molecule has 9 heteroatoms. The van der Waals surface area contributed by atoms with Crippen molar-refractivity contribution in [2.75, 3.05) is 0 Å². The van der Waals surface area contributed by atoms with Gasteiger partial charge in [-0.25, -0.2) is 0 Å². The van der Waals surface area contributed by atoms with E-state index in [9.17, 15) is 0 Å². The molecule has 1 fully saturated rings. The van der Waals surface area contributed by atoms with E-state index >= 15 is 0 Å². The highest BCUT2D eigenvalue weighted by Crippen LogP contribution is 2.56. The summed E-state index contributed by atoms with van der Waals surface area (Å²) in [5.74, 6) is 2.53. The van der Waals surface area contributed by atoms with Crippen molar-refractivity contribution in [3.63, 3.8) is 0 Å². The number of benzene rings is 3. The van der Waals surface area contributed by atoms with E-state index in [0.29, 0.717) is 0 Å². The van der Waals surface area contributed by atoms with Gasteiger partial charge in [0.1, 0.15) is 17.2 Å². The molecule has 0 aromatic heterocycles. The van der Waals surface area contributed by atoms with Gasteiger partial charge in [0.05, 0.1) is 0 Å². The summed E-state index contributed by atoms with van der Waals surface area (Å²) in [4.78, 5) is 10.4. The zero-order chi connectivity index (χ0) is 23.5. The van der Waals surface area contributed by atoms with Gasteiger partial charge in [-0.05, 0) is 76.4 Å². The number of aryl methyl sites for hydroxylation is 6. The van der Waals surface area contributed by atoms with Crippen LogP contribution in [0.3, 0.4) is 0 Å². The Bertz CT molecular complexity index is 998. The zero-order valence-electron chi connectivity index (χ0n) is 19.8. The van der Waals surface area contributed by atoms with E-state index in [1.807, 2.05) is 18.2 Å². The molecule has 174 valence electrons. The monoisotopic (exact) mass is 501 g/mol. The first-order valence-corrected chi connectivity index (χ1v) is 14.5. The summed E-state index contributed by atoms with van der Waals surface area (Å²) in [5, 5.41) is 0. The molecule has 3 N–H and O–H groups in total. The lowest BCUT2D eigenvalue weighted by Gasteiger charge is -2.35. The lowest BCUT2D eigenvalue weighted by Crippen LogP contribution is -2.32. The molecule has 1 heterocycles. The van der Waals surface area contributed by atoms with Crippen molar-refractivity contribution in [2.24, 2.45) is 0 Å². The van der Waals surface area contributed by atoms with Gasteiger partial charge in [0.25, 0.3) is 25.3 Å². The van der Waals surface area contributed by atoms with Crippen molar-refractivity contribution in [1.82, 2.24) is 14.6 Å². The summed E-state index contributed by atoms with van der Waals surface area (Å²) in [6.07, 6.45) is 0. The fourth-order valence-corrected chi connectivity index (χ4v) is 9.35. The summed E-state index contributed by atoms with van der Waals surface area (Å²) in [7, 11) is -3.69. The molecule has 0 saturated carbocycles. The maximum absolute atomic E-state index is 6.35. The topological polar surface area (TPSA) is 63.8 Å². The molecular weight excluding hydrogens is 471 g/mol. The molecule has 3 aromatic rings. The van der Waals surface area contributed by atoms with Gasteiger partial charge in [-0.2, -0.15) is 14.6 Å². The Morgan fingerprint density at radius 3 is 0.970 bits per heavy atom. The second-order valence-electron chi connectivity index (χ2n) is 8.26. The molecule has 6 nitrogen and oxygen atoms in total. The van der Waals surface area contributed by atoms with Crippen molar-refractivity contribution in [2.45, 2.75) is 41.5 Å². The van der Waals surface area contributed by atoms with Gasteiger partial charge in [0.2, 0.25) is 0 Å². The van der Waals surface area contributed by atoms with Crippen LogP contribution in [0.15, 0.2) is 54.6 Å². The van der Waals surface area contributed by atoms with Crippen LogP contribution in [-0.2, 0) is 0 Å². The molecule has 0 spiro atoms. The highest BCUT2D eigenvalue weighted by atomic mass is 31.3. The molecule has 0 unspecified atom stereocenters. The molecule has 1 aliphatic rings. The van der Waals surface area contributed by atoms with Crippen molar-refractivity contribution in [3.8, 4) is 17.2 Å². The van der Waals surface area contributed by atoms with Crippen LogP contribution in [0.2, 0.25) is 0 Å². The molecular formula is C24H30N3O3P3. The van der Waals surface area contributed by atoms with E-state index in [-0.39, 0.29) is 0 Å². The SMILES string of the molecule is Cc1ccc(OP2NP(Oc3ccc(C)cc3C)NP(Oc3ccc(C)cc3C)N2)c(C)c1. The minimum Gasteiger partial charge on any atom is -0.444 e. The first-order chi connectivity index (χ1) is 15.8. The molecule has 0 radical (unpaired) electrons. The van der Waals surface area contributed by atoms with E-state index < -0.39 is 25.3 Å². The van der Waals surface area contributed by atoms with Crippen molar-refractivity contribution in [1.29, 1.82) is 0 Å². The molecule has 4 rings (SSSR count).